The van der Waals surface area contributed by atoms with Crippen LogP contribution >= 0.6 is 0 Å². The number of halogens is 3. The van der Waals surface area contributed by atoms with Gasteiger partial charge in [0.1, 0.15) is 18.1 Å². The molecular formula is C59H80F3NO9Si5. The molecule has 0 N–H and O–H groups in total. The topological polar surface area (TPSA) is 86.3 Å². The minimum Gasteiger partial charge on any atom is -0.493 e. The summed E-state index contributed by atoms with van der Waals surface area (Å²) in [4.78, 5) is 2.33. The van der Waals surface area contributed by atoms with E-state index in [1.165, 1.54) is 12.1 Å². The molecule has 77 heavy (non-hydrogen) atoms. The van der Waals surface area contributed by atoms with Crippen LogP contribution in [0.5, 0.6) is 23.0 Å². The molecule has 0 radical (unpaired) electrons. The Kier molecular flexibility index (Phi) is 16.2. The van der Waals surface area contributed by atoms with Gasteiger partial charge < -0.3 is 45.4 Å². The van der Waals surface area contributed by atoms with Crippen molar-refractivity contribution in [2.75, 3.05) is 58.6 Å². The molecular weight excluding hydrogens is 1060 g/mol. The number of fused-ring (bicyclic) bond motifs is 10. The summed E-state index contributed by atoms with van der Waals surface area (Å²) in [6.07, 6.45) is 4.09. The van der Waals surface area contributed by atoms with E-state index in [0.29, 0.717) is 49.4 Å². The summed E-state index contributed by atoms with van der Waals surface area (Å²) in [5, 5.41) is 1.62. The number of hydrogen-bond acceptors (Lipinski definition) is 10. The molecule has 5 aromatic carbocycles. The second kappa shape index (κ2) is 21.7. The molecule has 1 saturated heterocycles. The summed E-state index contributed by atoms with van der Waals surface area (Å²) in [7, 11) is -8.04. The molecule has 0 bridgehead atoms. The fourth-order valence-electron chi connectivity index (χ4n) is 12.0. The zero-order valence-corrected chi connectivity index (χ0v) is 52.6. The molecule has 1 saturated carbocycles. The van der Waals surface area contributed by atoms with Crippen LogP contribution in [0.3, 0.4) is 0 Å². The molecule has 1 spiro atoms. The van der Waals surface area contributed by atoms with Crippen molar-refractivity contribution < 1.29 is 53.6 Å². The van der Waals surface area contributed by atoms with Gasteiger partial charge in [0.05, 0.1) is 39.6 Å². The van der Waals surface area contributed by atoms with Gasteiger partial charge in [-0.05, 0) is 173 Å². The largest absolute Gasteiger partial charge is 0.493 e. The van der Waals surface area contributed by atoms with Crippen LogP contribution < -0.4 is 23.8 Å². The summed E-state index contributed by atoms with van der Waals surface area (Å²) in [5.74, 6) is 2.39. The number of benzene rings is 5. The van der Waals surface area contributed by atoms with Gasteiger partial charge >= 0.3 is 15.0 Å². The van der Waals surface area contributed by atoms with Gasteiger partial charge in [-0.3, -0.25) is 0 Å². The third-order valence-corrected chi connectivity index (χ3v) is 30.0. The van der Waals surface area contributed by atoms with Gasteiger partial charge in [0, 0.05) is 52.3 Å². The third-order valence-electron chi connectivity index (χ3n) is 15.1. The maximum absolute atomic E-state index is 14.6. The van der Waals surface area contributed by atoms with Gasteiger partial charge in [-0.15, -0.1) is 0 Å². The normalized spacial score (nSPS) is 18.7. The molecule has 5 aromatic rings. The SMILES string of the molecule is COc1cc2c3c(c4c(c2cc1OC)-c1ccc(C(F)(F)F)cc1C41CCCCC1)C=CC(c1ccc(OCCO[Si](C)(C)CC[Si](O[Si](C)(C)C)(O[Si](C)(C)C)O[Si](C)(C)C)cc1)(c1ccc(N2CCOCC2)cc1)O3. The van der Waals surface area contributed by atoms with E-state index in [9.17, 15) is 13.2 Å². The molecule has 10 nitrogen and oxygen atoms in total. The first-order chi connectivity index (χ1) is 36.2. The summed E-state index contributed by atoms with van der Waals surface area (Å²) in [6, 6.07) is 26.5. The number of methoxy groups -OCH3 is 2. The van der Waals surface area contributed by atoms with Crippen LogP contribution in [-0.2, 0) is 38.7 Å². The average molecular weight is 1140 g/mol. The molecule has 1 atom stereocenters. The lowest BCUT2D eigenvalue weighted by Crippen LogP contribution is -2.61. The fraction of sp³-hybridized carbons (Fsp3) is 0.492. The number of nitrogens with zero attached hydrogens (tertiary/aromatic N) is 1. The first kappa shape index (κ1) is 57.5. The molecule has 2 fully saturated rings. The number of ether oxygens (including phenoxy) is 5. The summed E-state index contributed by atoms with van der Waals surface area (Å²) in [6.45, 7) is 28.2. The Hall–Kier alpha value is -4.23. The highest BCUT2D eigenvalue weighted by Gasteiger charge is 2.52. The maximum Gasteiger partial charge on any atom is 0.469 e. The van der Waals surface area contributed by atoms with E-state index >= 15 is 0 Å². The third kappa shape index (κ3) is 12.3. The first-order valence-corrected chi connectivity index (χ1v) is 42.7. The Morgan fingerprint density at radius 1 is 0.649 bits per heavy atom. The second-order valence-corrected chi connectivity index (χ2v) is 46.1. The highest BCUT2D eigenvalue weighted by Crippen LogP contribution is 2.63. The van der Waals surface area contributed by atoms with Crippen molar-refractivity contribution in [1.82, 2.24) is 0 Å². The average Bonchev–Trinajstić information content (AvgIpc) is 3.94. The van der Waals surface area contributed by atoms with Crippen LogP contribution in [0.2, 0.25) is 84.1 Å². The minimum absolute atomic E-state index is 0.371. The van der Waals surface area contributed by atoms with Gasteiger partial charge in [-0.2, -0.15) is 13.2 Å². The van der Waals surface area contributed by atoms with Gasteiger partial charge in [-0.1, -0.05) is 55.7 Å². The second-order valence-electron chi connectivity index (χ2n) is 24.8. The van der Waals surface area contributed by atoms with E-state index in [4.69, 9.17) is 40.5 Å². The predicted molar refractivity (Wildman–Crippen MR) is 315 cm³/mol. The Labute approximate surface area is 460 Å². The van der Waals surface area contributed by atoms with Crippen LogP contribution in [0.4, 0.5) is 18.9 Å². The minimum atomic E-state index is -4.49. The van der Waals surface area contributed by atoms with Crippen molar-refractivity contribution in [2.45, 2.75) is 133 Å². The number of anilines is 1. The molecule has 18 heteroatoms. The molecule has 2 heterocycles. The summed E-state index contributed by atoms with van der Waals surface area (Å²) in [5.41, 5.74) is 4.85. The molecule has 1 unspecified atom stereocenters. The molecule has 416 valence electrons. The van der Waals surface area contributed by atoms with Gasteiger partial charge in [0.2, 0.25) is 0 Å². The van der Waals surface area contributed by atoms with Crippen LogP contribution in [0.15, 0.2) is 84.9 Å². The number of rotatable bonds is 19. The lowest BCUT2D eigenvalue weighted by molar-refractivity contribution is -0.137. The maximum atomic E-state index is 14.6. The predicted octanol–water partition coefficient (Wildman–Crippen LogP) is 15.4. The molecule has 2 aliphatic heterocycles. The quantitative estimate of drug-likeness (QED) is 0.0589. The summed E-state index contributed by atoms with van der Waals surface area (Å²) >= 11 is 0. The Balaban J connectivity index is 1.06. The van der Waals surface area contributed by atoms with Crippen LogP contribution in [0.25, 0.3) is 28.0 Å². The highest BCUT2D eigenvalue weighted by atomic mass is 28.5. The number of morpholine rings is 1. The molecule has 2 aliphatic carbocycles. The molecule has 9 rings (SSSR count). The van der Waals surface area contributed by atoms with E-state index in [0.717, 1.165) is 113 Å². The van der Waals surface area contributed by atoms with Crippen LogP contribution in [0.1, 0.15) is 65.5 Å². The fourth-order valence-corrected chi connectivity index (χ4v) is 30.5. The van der Waals surface area contributed by atoms with Gasteiger partial charge in [0.25, 0.3) is 0 Å². The zero-order valence-electron chi connectivity index (χ0n) is 47.6. The van der Waals surface area contributed by atoms with Crippen molar-refractivity contribution >= 4 is 64.6 Å². The van der Waals surface area contributed by atoms with E-state index in [1.54, 1.807) is 20.3 Å². The van der Waals surface area contributed by atoms with Gasteiger partial charge in [0.15, 0.2) is 50.4 Å². The summed E-state index contributed by atoms with van der Waals surface area (Å²) < 4.78 is 103. The monoisotopic (exact) mass is 1140 g/mol. The van der Waals surface area contributed by atoms with E-state index in [2.05, 4.69) is 125 Å². The molecule has 0 amide bonds. The Bertz CT molecular complexity index is 2920. The Morgan fingerprint density at radius 3 is 1.78 bits per heavy atom. The standard InChI is InChI=1S/C59H80F3NO9Si5/c1-64-52-40-49-50(41-53(52)65-2)56-48(55-54(49)47-26-21-44(59(60,61)62)39-51(47)57(55)28-15-14-16-29-57)27-30-58(69-56,42-17-22-45(23-18-42)63-31-33-66-34-32-63)43-19-24-46(25-20-43)67-35-36-68-76(12,13)37-38-77(70-73(3,4)5,71-74(6,7)8)72-75(9,10)11/h17-27,30,39-41H,14-16,28-29,31-38H2,1-13H3. The van der Waals surface area contributed by atoms with Crippen molar-refractivity contribution in [3.05, 3.63) is 118 Å². The van der Waals surface area contributed by atoms with E-state index in [-0.39, 0.29) is 0 Å². The van der Waals surface area contributed by atoms with Crippen LogP contribution in [-0.4, -0.2) is 95.8 Å². The van der Waals surface area contributed by atoms with E-state index in [1.807, 2.05) is 24.3 Å². The zero-order chi connectivity index (χ0) is 55.4. The first-order valence-electron chi connectivity index (χ1n) is 27.5. The van der Waals surface area contributed by atoms with Gasteiger partial charge in [-0.25, -0.2) is 0 Å². The number of alkyl halides is 3. The molecule has 0 aromatic heterocycles. The molecule has 4 aliphatic rings. The smallest absolute Gasteiger partial charge is 0.469 e. The number of hydrogen-bond donors (Lipinski definition) is 0. The van der Waals surface area contributed by atoms with Crippen molar-refractivity contribution in [2.24, 2.45) is 0 Å². The van der Waals surface area contributed by atoms with E-state index < -0.39 is 64.8 Å². The van der Waals surface area contributed by atoms with Crippen molar-refractivity contribution in [3.63, 3.8) is 0 Å². The van der Waals surface area contributed by atoms with Crippen LogP contribution in [0, 0.1) is 0 Å². The Morgan fingerprint density at radius 2 is 1.22 bits per heavy atom. The highest BCUT2D eigenvalue weighted by molar-refractivity contribution is 6.90. The lowest BCUT2D eigenvalue weighted by atomic mass is 9.66. The lowest BCUT2D eigenvalue weighted by Gasteiger charge is -2.43. The van der Waals surface area contributed by atoms with Crippen molar-refractivity contribution in [3.8, 4) is 34.1 Å². The van der Waals surface area contributed by atoms with Crippen molar-refractivity contribution in [1.29, 1.82) is 0 Å².